The van der Waals surface area contributed by atoms with Crippen molar-refractivity contribution in [3.05, 3.63) is 52.5 Å². The second kappa shape index (κ2) is 6.90. The number of esters is 1. The van der Waals surface area contributed by atoms with Gasteiger partial charge in [0.25, 0.3) is 0 Å². The average Bonchev–Trinajstić information content (AvgIpc) is 2.67. The molecule has 0 amide bonds. The van der Waals surface area contributed by atoms with E-state index in [2.05, 4.69) is 6.07 Å². The number of rotatable bonds is 2. The third-order valence-corrected chi connectivity index (χ3v) is 5.19. The van der Waals surface area contributed by atoms with Crippen LogP contribution >= 0.6 is 11.6 Å². The molecule has 1 aliphatic rings. The zero-order valence-electron chi connectivity index (χ0n) is 12.6. The molecule has 0 saturated carbocycles. The first-order valence-electron chi connectivity index (χ1n) is 7.19. The molecule has 2 aromatic carbocycles. The molecule has 0 radical (unpaired) electrons. The summed E-state index contributed by atoms with van der Waals surface area (Å²) in [4.78, 5) is 12.5. The topological polar surface area (TPSA) is 61.5 Å². The zero-order valence-corrected chi connectivity index (χ0v) is 16.2. The Kier molecular flexibility index (Phi) is 5.07. The minimum atomic E-state index is -0.539. The Bertz CT molecular complexity index is 765. The van der Waals surface area contributed by atoms with E-state index in [9.17, 15) is 4.79 Å². The first-order valence-corrected chi connectivity index (χ1v) is 8.99. The van der Waals surface area contributed by atoms with Crippen molar-refractivity contribution in [1.29, 1.82) is 0 Å². The molecule has 0 spiro atoms. The monoisotopic (exact) mass is 405 g/mol. The number of carbonyl (C=O) groups excluding carboxylic acids is 1. The van der Waals surface area contributed by atoms with E-state index in [1.807, 2.05) is 12.1 Å². The van der Waals surface area contributed by atoms with Gasteiger partial charge in [-0.2, -0.15) is 0 Å². The molecular weight excluding hydrogens is 391 g/mol. The normalized spacial score (nSPS) is 19.0. The molecule has 4 nitrogen and oxygen atoms in total. The average molecular weight is 406 g/mol. The third-order valence-electron chi connectivity index (χ3n) is 4.07. The van der Waals surface area contributed by atoms with E-state index in [4.69, 9.17) is 26.8 Å². The van der Waals surface area contributed by atoms with Gasteiger partial charge in [0, 0.05) is 0 Å². The van der Waals surface area contributed by atoms with Crippen LogP contribution in [-0.2, 0) is 40.5 Å². The van der Waals surface area contributed by atoms with Gasteiger partial charge in [-0.15, -0.1) is 0 Å². The standard InChI is InChI=1S/C17H15ClNO3.Y/c1-21-17(20)16-12-8-10(18)6-7-15(12)22-14-5-3-2-4-11(14)13(16)9-19;/h3-8,13,16H,9,19H2,1H3;/t13-,16-;/m1./s1. The summed E-state index contributed by atoms with van der Waals surface area (Å²) in [5, 5.41) is 0.547. The van der Waals surface area contributed by atoms with Gasteiger partial charge < -0.3 is 0 Å². The molecule has 2 N–H and O–H groups in total. The molecule has 0 aliphatic carbocycles. The Morgan fingerprint density at radius 1 is 1.26 bits per heavy atom. The van der Waals surface area contributed by atoms with Crippen LogP contribution in [0.25, 0.3) is 0 Å². The minimum absolute atomic E-state index is 0.218. The van der Waals surface area contributed by atoms with E-state index >= 15 is 0 Å². The predicted octanol–water partition coefficient (Wildman–Crippen LogP) is 2.62. The fourth-order valence-corrected chi connectivity index (χ4v) is 3.86. The molecule has 0 unspecified atom stereocenters. The second-order valence-electron chi connectivity index (χ2n) is 5.42. The first-order chi connectivity index (χ1) is 11.0. The van der Waals surface area contributed by atoms with Crippen molar-refractivity contribution in [3.63, 3.8) is 0 Å². The fraction of sp³-hybridized carbons (Fsp3) is 0.235. The molecule has 0 aromatic heterocycles. The fourth-order valence-electron chi connectivity index (χ4n) is 3.00. The number of hydrogen-bond acceptors (Lipinski definition) is 4. The molecule has 3 rings (SSSR count). The van der Waals surface area contributed by atoms with Gasteiger partial charge in [0.2, 0.25) is 0 Å². The molecular formula is C17H15ClNO3Y. The first kappa shape index (κ1) is 16.9. The van der Waals surface area contributed by atoms with Gasteiger partial charge in [-0.05, 0) is 0 Å². The van der Waals surface area contributed by atoms with Crippen LogP contribution in [-0.4, -0.2) is 19.6 Å². The molecule has 6 heteroatoms. The summed E-state index contributed by atoms with van der Waals surface area (Å²) in [6, 6.07) is 11.3. The number of benzene rings is 2. The van der Waals surface area contributed by atoms with Gasteiger partial charge in [-0.25, -0.2) is 0 Å². The van der Waals surface area contributed by atoms with Crippen LogP contribution in [0.1, 0.15) is 23.0 Å². The van der Waals surface area contributed by atoms with Gasteiger partial charge in [0.1, 0.15) is 0 Å². The van der Waals surface area contributed by atoms with Crippen LogP contribution in [0.4, 0.5) is 0 Å². The number of fused-ring (bicyclic) bond motifs is 2. The van der Waals surface area contributed by atoms with Crippen LogP contribution < -0.4 is 12.8 Å². The number of hydrogen-bond donors (Lipinski definition) is 1. The molecule has 0 fully saturated rings. The van der Waals surface area contributed by atoms with E-state index in [1.54, 1.807) is 18.2 Å². The van der Waals surface area contributed by atoms with Crippen molar-refractivity contribution < 1.29 is 45.2 Å². The Morgan fingerprint density at radius 2 is 1.96 bits per heavy atom. The van der Waals surface area contributed by atoms with Gasteiger partial charge in [-0.3, -0.25) is 0 Å². The number of ether oxygens (including phenoxy) is 2. The Morgan fingerprint density at radius 3 is 2.65 bits per heavy atom. The molecule has 2 atom stereocenters. The second-order valence-corrected chi connectivity index (χ2v) is 7.50. The quantitative estimate of drug-likeness (QED) is 0.780. The predicted molar refractivity (Wildman–Crippen MR) is 84.2 cm³/mol. The number of nitrogens with two attached hydrogens (primary N) is 1. The van der Waals surface area contributed by atoms with Crippen molar-refractivity contribution in [3.8, 4) is 11.5 Å². The Labute approximate surface area is 159 Å². The van der Waals surface area contributed by atoms with Crippen molar-refractivity contribution in [2.24, 2.45) is 5.73 Å². The summed E-state index contributed by atoms with van der Waals surface area (Å²) < 4.78 is 12.3. The summed E-state index contributed by atoms with van der Waals surface area (Å²) in [6.07, 6.45) is 0. The van der Waals surface area contributed by atoms with E-state index in [1.165, 1.54) is 9.48 Å². The summed E-state index contributed by atoms with van der Waals surface area (Å²) in [7, 11) is 1.38. The van der Waals surface area contributed by atoms with Gasteiger partial charge >= 0.3 is 160 Å². The molecule has 2 aromatic rings. The van der Waals surface area contributed by atoms with Crippen molar-refractivity contribution in [1.82, 2.24) is 0 Å². The summed E-state index contributed by atoms with van der Waals surface area (Å²) >= 11 is 7.12. The zero-order chi connectivity index (χ0) is 16.6. The molecule has 0 saturated heterocycles. The summed E-state index contributed by atoms with van der Waals surface area (Å²) in [5.41, 5.74) is 7.69. The van der Waals surface area contributed by atoms with Gasteiger partial charge in [0.05, 0.1) is 0 Å². The van der Waals surface area contributed by atoms with Crippen LogP contribution in [0.2, 0.25) is 5.02 Å². The molecule has 116 valence electrons. The number of methoxy groups -OCH3 is 1. The van der Waals surface area contributed by atoms with Gasteiger partial charge in [-0.1, -0.05) is 0 Å². The number of carbonyl (C=O) groups is 1. The molecule has 0 bridgehead atoms. The van der Waals surface area contributed by atoms with Crippen LogP contribution in [0.3, 0.4) is 0 Å². The maximum absolute atomic E-state index is 12.5. The Balaban J connectivity index is 2.27. The Hall–Kier alpha value is -0.936. The van der Waals surface area contributed by atoms with Crippen molar-refractivity contribution in [2.45, 2.75) is 11.8 Å². The van der Waals surface area contributed by atoms with Crippen molar-refractivity contribution in [2.75, 3.05) is 13.7 Å². The third kappa shape index (κ3) is 3.18. The van der Waals surface area contributed by atoms with Gasteiger partial charge in [0.15, 0.2) is 0 Å². The summed E-state index contributed by atoms with van der Waals surface area (Å²) in [6.45, 7) is 0.312. The maximum atomic E-state index is 12.5. The molecule has 1 heterocycles. The van der Waals surface area contributed by atoms with Crippen LogP contribution in [0.15, 0.2) is 36.4 Å². The van der Waals surface area contributed by atoms with Crippen LogP contribution in [0.5, 0.6) is 11.5 Å². The number of halogens is 1. The van der Waals surface area contributed by atoms with E-state index in [0.717, 1.165) is 42.3 Å². The van der Waals surface area contributed by atoms with E-state index in [0.29, 0.717) is 22.9 Å². The molecule has 1 aliphatic heterocycles. The SMILES string of the molecule is COC(=O)[C@@H]1c2cc(Cl)ccc2Oc2cc[c]([Y])cc2[C@H]1CN. The summed E-state index contributed by atoms with van der Waals surface area (Å²) in [5.74, 6) is 0.251. The van der Waals surface area contributed by atoms with Crippen molar-refractivity contribution >= 4 is 19.9 Å². The molecule has 23 heavy (non-hydrogen) atoms. The van der Waals surface area contributed by atoms with E-state index in [-0.39, 0.29) is 11.9 Å². The van der Waals surface area contributed by atoms with E-state index < -0.39 is 5.92 Å². The van der Waals surface area contributed by atoms with Crippen LogP contribution in [0, 0.1) is 0 Å².